The number of allylic oxidation sites excluding steroid dienone is 2. The van der Waals surface area contributed by atoms with Crippen LogP contribution in [0, 0.1) is 5.92 Å². The van der Waals surface area contributed by atoms with Gasteiger partial charge in [-0.15, -0.1) is 0 Å². The molecule has 0 fully saturated rings. The molecule has 6 rings (SSSR count). The van der Waals surface area contributed by atoms with Gasteiger partial charge < -0.3 is 60.1 Å². The molecule has 6 N–H and O–H groups in total. The summed E-state index contributed by atoms with van der Waals surface area (Å²) in [7, 11) is -1.82. The van der Waals surface area contributed by atoms with Crippen LogP contribution in [-0.4, -0.2) is 141 Å². The zero-order valence-corrected chi connectivity index (χ0v) is 47.6. The Kier molecular flexibility index (Phi) is 24.3. The minimum atomic E-state index is -3.44. The number of rotatable bonds is 29. The monoisotopic (exact) mass is 1140 g/mol. The van der Waals surface area contributed by atoms with Crippen LogP contribution < -0.4 is 27.0 Å². The molecule has 81 heavy (non-hydrogen) atoms. The Morgan fingerprint density at radius 1 is 0.753 bits per heavy atom. The fourth-order valence-electron chi connectivity index (χ4n) is 8.16. The van der Waals surface area contributed by atoms with Crippen molar-refractivity contribution in [3.8, 4) is 34.0 Å². The minimum Gasteiger partial charge on any atom is -0.445 e. The molecule has 22 nitrogen and oxygen atoms in total. The van der Waals surface area contributed by atoms with Gasteiger partial charge in [-0.05, 0) is 94.2 Å². The maximum Gasteiger partial charge on any atom is 0.410 e. The van der Waals surface area contributed by atoms with Crippen LogP contribution in [0.25, 0.3) is 34.0 Å². The van der Waals surface area contributed by atoms with E-state index >= 15 is 0 Å². The van der Waals surface area contributed by atoms with Crippen molar-refractivity contribution in [1.82, 2.24) is 36.0 Å². The van der Waals surface area contributed by atoms with E-state index < -0.39 is 51.0 Å². The van der Waals surface area contributed by atoms with Crippen molar-refractivity contribution < 1.29 is 60.6 Å². The van der Waals surface area contributed by atoms with Crippen LogP contribution in [0.1, 0.15) is 77.8 Å². The fraction of sp³-hybridized carbons (Fsp3) is 0.448. The first kappa shape index (κ1) is 62.6. The number of nitrogens with two attached hydrogens (primary N) is 1. The van der Waals surface area contributed by atoms with Gasteiger partial charge in [0.05, 0.1) is 61.2 Å². The lowest BCUT2D eigenvalue weighted by atomic mass is 10.0. The number of nitrogen functional groups attached to an aromatic ring is 1. The van der Waals surface area contributed by atoms with Crippen molar-refractivity contribution in [2.75, 3.05) is 70.9 Å². The maximum absolute atomic E-state index is 13.2. The van der Waals surface area contributed by atoms with Gasteiger partial charge >= 0.3 is 6.09 Å². The number of aromatic nitrogens is 3. The van der Waals surface area contributed by atoms with Crippen LogP contribution in [0.2, 0.25) is 0 Å². The number of nitrogens with one attached hydrogen (secondary N) is 4. The highest BCUT2D eigenvalue weighted by Crippen LogP contribution is 2.31. The fourth-order valence-corrected chi connectivity index (χ4v) is 9.22. The first-order valence-corrected chi connectivity index (χ1v) is 28.6. The van der Waals surface area contributed by atoms with Crippen molar-refractivity contribution >= 4 is 51.1 Å². The van der Waals surface area contributed by atoms with Crippen LogP contribution in [0.3, 0.4) is 0 Å². The zero-order chi connectivity index (χ0) is 58.3. The molecule has 1 aliphatic rings. The van der Waals surface area contributed by atoms with Crippen molar-refractivity contribution in [3.05, 3.63) is 108 Å². The van der Waals surface area contributed by atoms with Gasteiger partial charge in [0.1, 0.15) is 37.6 Å². The van der Waals surface area contributed by atoms with E-state index in [1.807, 2.05) is 24.3 Å². The quantitative estimate of drug-likeness (QED) is 0.0247. The van der Waals surface area contributed by atoms with Crippen LogP contribution >= 0.6 is 0 Å². The number of hydrogen-bond donors (Lipinski definition) is 5. The van der Waals surface area contributed by atoms with E-state index in [0.717, 1.165) is 43.2 Å². The van der Waals surface area contributed by atoms with E-state index in [1.165, 1.54) is 30.2 Å². The number of ether oxygens (including phenoxy) is 5. The van der Waals surface area contributed by atoms with Gasteiger partial charge in [0.15, 0.2) is 27.1 Å². The molecule has 3 aromatic carbocycles. The predicted octanol–water partition coefficient (Wildman–Crippen LogP) is 6.65. The molecular formula is C58H75N9O13S. The molecule has 1 aliphatic carbocycles. The van der Waals surface area contributed by atoms with E-state index in [-0.39, 0.29) is 79.7 Å². The molecule has 0 bridgehead atoms. The largest absolute Gasteiger partial charge is 0.445 e. The number of benzene rings is 3. The topological polar surface area (TPSA) is 295 Å². The summed E-state index contributed by atoms with van der Waals surface area (Å²) in [5.74, 6) is -1.58. The van der Waals surface area contributed by atoms with Crippen molar-refractivity contribution in [2.24, 2.45) is 5.92 Å². The summed E-state index contributed by atoms with van der Waals surface area (Å²) in [6, 6.07) is 20.3. The zero-order valence-electron chi connectivity index (χ0n) is 46.8. The molecular weight excluding hydrogens is 1060 g/mol. The average molecular weight is 1140 g/mol. The molecule has 2 aromatic heterocycles. The molecule has 1 unspecified atom stereocenters. The third-order valence-corrected chi connectivity index (χ3v) is 15.1. The Bertz CT molecular complexity index is 2990. The molecule has 0 saturated heterocycles. The van der Waals surface area contributed by atoms with Gasteiger partial charge in [0.25, 0.3) is 0 Å². The normalized spacial score (nSPS) is 14.7. The first-order chi connectivity index (χ1) is 38.9. The summed E-state index contributed by atoms with van der Waals surface area (Å²) < 4.78 is 58.5. The second-order valence-corrected chi connectivity index (χ2v) is 22.5. The number of amides is 5. The molecule has 436 valence electrons. The number of anilines is 2. The standard InChI is InChI=1S/C58H75N9O13S/c1-38(2)53(65-52(69)36-77-31-30-76-29-28-75-27-26-60-51(68)37-78-46-12-10-8-7-9-11-13-46)57(71)62-40(5)56(70)63-45-22-16-42(17-23-45)35-79-58(72)67(6)34-41-14-18-43(19-15-41)48-32-50(80-66-48)54-55(59)61-33-49(64-54)44-20-24-47(25-21-44)81(73,74)39(3)4/h7-8,14-25,32-33,38-40,46,53H,9-13,26-31,34-37H2,1-6H3,(H2,59,61)(H,60,68)(H,62,71)(H,63,70)(H,65,69)/b8-7+/t40-,46?,53-/m0/s1. The van der Waals surface area contributed by atoms with Gasteiger partial charge in [-0.25, -0.2) is 23.2 Å². The highest BCUT2D eigenvalue weighted by molar-refractivity contribution is 7.92. The Morgan fingerprint density at radius 3 is 2.11 bits per heavy atom. The molecule has 0 radical (unpaired) electrons. The third-order valence-electron chi connectivity index (χ3n) is 12.9. The Labute approximate surface area is 473 Å². The van der Waals surface area contributed by atoms with Gasteiger partial charge in [-0.2, -0.15) is 0 Å². The van der Waals surface area contributed by atoms with Crippen LogP contribution in [0.5, 0.6) is 0 Å². The molecule has 0 aliphatic heterocycles. The highest BCUT2D eigenvalue weighted by atomic mass is 32.2. The summed E-state index contributed by atoms with van der Waals surface area (Å²) in [6.07, 6.45) is 10.4. The van der Waals surface area contributed by atoms with Crippen LogP contribution in [0.15, 0.2) is 107 Å². The lowest BCUT2D eigenvalue weighted by Gasteiger charge is -2.24. The van der Waals surface area contributed by atoms with Crippen molar-refractivity contribution in [3.63, 3.8) is 0 Å². The Balaban J connectivity index is 0.837. The lowest BCUT2D eigenvalue weighted by molar-refractivity contribution is -0.133. The Morgan fingerprint density at radius 2 is 1.41 bits per heavy atom. The number of nitrogens with zero attached hydrogens (tertiary/aromatic N) is 4. The molecule has 0 saturated carbocycles. The highest BCUT2D eigenvalue weighted by Gasteiger charge is 2.28. The van der Waals surface area contributed by atoms with Crippen molar-refractivity contribution in [2.45, 2.75) is 108 Å². The van der Waals surface area contributed by atoms with Crippen molar-refractivity contribution in [1.29, 1.82) is 0 Å². The summed E-state index contributed by atoms with van der Waals surface area (Å²) in [5, 5.41) is 14.6. The summed E-state index contributed by atoms with van der Waals surface area (Å²) in [5.41, 5.74) is 10.8. The second kappa shape index (κ2) is 31.4. The van der Waals surface area contributed by atoms with Crippen LogP contribution in [-0.2, 0) is 65.9 Å². The number of hydrogen-bond acceptors (Lipinski definition) is 17. The smallest absolute Gasteiger partial charge is 0.410 e. The number of carbonyl (C=O) groups excluding carboxylic acids is 5. The maximum atomic E-state index is 13.2. The van der Waals surface area contributed by atoms with Gasteiger partial charge in [-0.3, -0.25) is 19.2 Å². The lowest BCUT2D eigenvalue weighted by Crippen LogP contribution is -2.54. The molecule has 0 spiro atoms. The molecule has 5 aromatic rings. The van der Waals surface area contributed by atoms with E-state index in [1.54, 1.807) is 77.2 Å². The minimum absolute atomic E-state index is 0.0270. The van der Waals surface area contributed by atoms with E-state index in [9.17, 15) is 32.4 Å². The molecule has 2 heterocycles. The number of carbonyl (C=O) groups is 5. The van der Waals surface area contributed by atoms with E-state index in [0.29, 0.717) is 54.6 Å². The van der Waals surface area contributed by atoms with E-state index in [4.69, 9.17) is 33.9 Å². The van der Waals surface area contributed by atoms with E-state index in [2.05, 4.69) is 48.5 Å². The second-order valence-electron chi connectivity index (χ2n) is 20.0. The number of sulfone groups is 1. The summed E-state index contributed by atoms with van der Waals surface area (Å²) in [4.78, 5) is 74.6. The molecule has 3 atom stereocenters. The average Bonchev–Trinajstić information content (AvgIpc) is 3.98. The summed E-state index contributed by atoms with van der Waals surface area (Å²) >= 11 is 0. The predicted molar refractivity (Wildman–Crippen MR) is 304 cm³/mol. The SMILES string of the molecule is CC(C)[C@H](NC(=O)COCCOCCOCCNC(=O)COC1CC/C=C/CCC1)C(=O)N[C@@H](C)C(=O)Nc1ccc(COC(=O)N(C)Cc2ccc(-c3cc(-c4nc(-c5ccc(S(=O)(=O)C(C)C)cc5)cnc4N)on3)cc2)cc1. The first-order valence-electron chi connectivity index (χ1n) is 27.0. The molecule has 23 heteroatoms. The molecule has 5 amide bonds. The van der Waals surface area contributed by atoms with Crippen LogP contribution in [0.4, 0.5) is 16.3 Å². The summed E-state index contributed by atoms with van der Waals surface area (Å²) in [6.45, 7) is 9.96. The van der Waals surface area contributed by atoms with Gasteiger partial charge in [-0.1, -0.05) is 79.7 Å². The van der Waals surface area contributed by atoms with Gasteiger partial charge in [0, 0.05) is 43.0 Å². The Hall–Kier alpha value is -7.57. The van der Waals surface area contributed by atoms with Gasteiger partial charge in [0.2, 0.25) is 23.6 Å². The third kappa shape index (κ3) is 19.9.